The van der Waals surface area contributed by atoms with Crippen molar-refractivity contribution in [3.8, 4) is 5.75 Å². The zero-order chi connectivity index (χ0) is 21.3. The lowest BCUT2D eigenvalue weighted by Crippen LogP contribution is -2.43. The van der Waals surface area contributed by atoms with Crippen molar-refractivity contribution in [1.29, 1.82) is 0 Å². The van der Waals surface area contributed by atoms with Gasteiger partial charge in [-0.15, -0.1) is 0 Å². The van der Waals surface area contributed by atoms with Gasteiger partial charge in [0.25, 0.3) is 5.91 Å². The molecule has 0 unspecified atom stereocenters. The SMILES string of the molecule is CN(C)c1ccc(NC(=O)CN2C(=O)COc3ccc(Cl)cc32)c(C(F)(F)F)c1. The Labute approximate surface area is 169 Å². The van der Waals surface area contributed by atoms with Gasteiger partial charge < -0.3 is 15.0 Å². The maximum absolute atomic E-state index is 13.4. The van der Waals surface area contributed by atoms with Crippen LogP contribution in [0.2, 0.25) is 5.02 Å². The molecule has 0 saturated heterocycles. The number of benzene rings is 2. The topological polar surface area (TPSA) is 61.9 Å². The standard InChI is InChI=1S/C19H17ClF3N3O3/c1-25(2)12-4-5-14(13(8-12)19(21,22)23)24-17(27)9-26-15-7-11(20)3-6-16(15)29-10-18(26)28/h3-8H,9-10H2,1-2H3,(H,24,27). The van der Waals surface area contributed by atoms with Gasteiger partial charge in [0, 0.05) is 24.8 Å². The Hall–Kier alpha value is -2.94. The third kappa shape index (κ3) is 4.56. The fourth-order valence-electron chi connectivity index (χ4n) is 2.84. The van der Waals surface area contributed by atoms with E-state index in [0.29, 0.717) is 16.5 Å². The highest BCUT2D eigenvalue weighted by Gasteiger charge is 2.35. The van der Waals surface area contributed by atoms with E-state index in [4.69, 9.17) is 16.3 Å². The van der Waals surface area contributed by atoms with Gasteiger partial charge >= 0.3 is 6.18 Å². The molecule has 1 heterocycles. The predicted octanol–water partition coefficient (Wildman–Crippen LogP) is 3.79. The van der Waals surface area contributed by atoms with E-state index in [-0.39, 0.29) is 18.0 Å². The van der Waals surface area contributed by atoms with Crippen LogP contribution in [0.4, 0.5) is 30.2 Å². The first-order valence-electron chi connectivity index (χ1n) is 8.47. The third-order valence-corrected chi connectivity index (χ3v) is 4.50. The molecule has 0 fully saturated rings. The van der Waals surface area contributed by atoms with Crippen molar-refractivity contribution in [3.63, 3.8) is 0 Å². The molecule has 6 nitrogen and oxygen atoms in total. The number of nitrogens with one attached hydrogen (secondary N) is 1. The van der Waals surface area contributed by atoms with Crippen LogP contribution in [0.1, 0.15) is 5.56 Å². The Balaban J connectivity index is 1.85. The van der Waals surface area contributed by atoms with E-state index in [9.17, 15) is 22.8 Å². The number of rotatable bonds is 4. The second kappa shape index (κ2) is 7.82. The van der Waals surface area contributed by atoms with Gasteiger partial charge in [0.05, 0.1) is 16.9 Å². The summed E-state index contributed by atoms with van der Waals surface area (Å²) in [6.07, 6.45) is -4.66. The minimum atomic E-state index is -4.66. The Morgan fingerprint density at radius 3 is 2.62 bits per heavy atom. The molecule has 1 aliphatic heterocycles. The lowest BCUT2D eigenvalue weighted by molar-refractivity contribution is -0.137. The van der Waals surface area contributed by atoms with Gasteiger partial charge in [-0.05, 0) is 36.4 Å². The average molecular weight is 428 g/mol. The number of ether oxygens (including phenoxy) is 1. The first kappa shape index (κ1) is 20.8. The van der Waals surface area contributed by atoms with Crippen molar-refractivity contribution in [2.45, 2.75) is 6.18 Å². The molecule has 1 aliphatic rings. The number of carbonyl (C=O) groups is 2. The summed E-state index contributed by atoms with van der Waals surface area (Å²) < 4.78 is 45.6. The highest BCUT2D eigenvalue weighted by molar-refractivity contribution is 6.31. The zero-order valence-corrected chi connectivity index (χ0v) is 16.3. The maximum Gasteiger partial charge on any atom is 0.418 e. The van der Waals surface area contributed by atoms with Crippen molar-refractivity contribution in [2.24, 2.45) is 0 Å². The van der Waals surface area contributed by atoms with Crippen LogP contribution in [-0.2, 0) is 15.8 Å². The van der Waals surface area contributed by atoms with Crippen LogP contribution in [0, 0.1) is 0 Å². The minimum absolute atomic E-state index is 0.280. The number of hydrogen-bond acceptors (Lipinski definition) is 4. The molecule has 3 rings (SSSR count). The number of nitrogens with zero attached hydrogens (tertiary/aromatic N) is 2. The molecule has 2 aromatic carbocycles. The van der Waals surface area contributed by atoms with Gasteiger partial charge in [-0.3, -0.25) is 14.5 Å². The molecule has 29 heavy (non-hydrogen) atoms. The first-order valence-corrected chi connectivity index (χ1v) is 8.85. The van der Waals surface area contributed by atoms with Gasteiger partial charge in [0.2, 0.25) is 5.91 Å². The second-order valence-electron chi connectivity index (χ2n) is 6.55. The zero-order valence-electron chi connectivity index (χ0n) is 15.5. The summed E-state index contributed by atoms with van der Waals surface area (Å²) in [5, 5.41) is 2.58. The molecular weight excluding hydrogens is 411 g/mol. The number of anilines is 3. The molecule has 0 saturated carbocycles. The summed E-state index contributed by atoms with van der Waals surface area (Å²) in [7, 11) is 3.22. The summed E-state index contributed by atoms with van der Waals surface area (Å²) in [4.78, 5) is 27.3. The Bertz CT molecular complexity index is 963. The van der Waals surface area contributed by atoms with Gasteiger partial charge in [-0.25, -0.2) is 0 Å². The normalized spacial score (nSPS) is 13.6. The largest absolute Gasteiger partial charge is 0.482 e. The van der Waals surface area contributed by atoms with Gasteiger partial charge in [0.1, 0.15) is 12.3 Å². The van der Waals surface area contributed by atoms with E-state index >= 15 is 0 Å². The van der Waals surface area contributed by atoms with Crippen LogP contribution in [-0.4, -0.2) is 39.1 Å². The van der Waals surface area contributed by atoms with E-state index in [1.54, 1.807) is 26.2 Å². The van der Waals surface area contributed by atoms with Gasteiger partial charge in [-0.2, -0.15) is 13.2 Å². The van der Waals surface area contributed by atoms with Crippen molar-refractivity contribution >= 4 is 40.5 Å². The predicted molar refractivity (Wildman–Crippen MR) is 104 cm³/mol. The number of halogens is 4. The average Bonchev–Trinajstić information content (AvgIpc) is 2.63. The number of amides is 2. The summed E-state index contributed by atoms with van der Waals surface area (Å²) in [5.74, 6) is -0.934. The molecule has 2 aromatic rings. The molecular formula is C19H17ClF3N3O3. The van der Waals surface area contributed by atoms with Crippen LogP contribution in [0.3, 0.4) is 0 Å². The Morgan fingerprint density at radius 2 is 1.97 bits per heavy atom. The minimum Gasteiger partial charge on any atom is -0.482 e. The Morgan fingerprint density at radius 1 is 1.24 bits per heavy atom. The fraction of sp³-hybridized carbons (Fsp3) is 0.263. The first-order chi connectivity index (χ1) is 13.6. The number of fused-ring (bicyclic) bond motifs is 1. The molecule has 0 bridgehead atoms. The molecule has 2 amide bonds. The lowest BCUT2D eigenvalue weighted by Gasteiger charge is -2.29. The molecule has 0 atom stereocenters. The van der Waals surface area contributed by atoms with E-state index in [0.717, 1.165) is 11.0 Å². The number of alkyl halides is 3. The summed E-state index contributed by atoms with van der Waals surface area (Å²) >= 11 is 5.94. The van der Waals surface area contributed by atoms with E-state index in [1.807, 2.05) is 0 Å². The van der Waals surface area contributed by atoms with Gasteiger partial charge in [-0.1, -0.05) is 11.6 Å². The fourth-order valence-corrected chi connectivity index (χ4v) is 3.00. The van der Waals surface area contributed by atoms with Crippen molar-refractivity contribution < 1.29 is 27.5 Å². The molecule has 154 valence electrons. The quantitative estimate of drug-likeness (QED) is 0.806. The van der Waals surface area contributed by atoms with Crippen LogP contribution in [0.25, 0.3) is 0 Å². The molecule has 0 spiro atoms. The number of carbonyl (C=O) groups excluding carboxylic acids is 2. The van der Waals surface area contributed by atoms with E-state index in [2.05, 4.69) is 5.32 Å². The summed E-state index contributed by atoms with van der Waals surface area (Å²) in [6.45, 7) is -0.768. The van der Waals surface area contributed by atoms with Crippen molar-refractivity contribution in [2.75, 3.05) is 42.4 Å². The number of hydrogen-bond donors (Lipinski definition) is 1. The smallest absolute Gasteiger partial charge is 0.418 e. The molecule has 1 N–H and O–H groups in total. The molecule has 0 radical (unpaired) electrons. The van der Waals surface area contributed by atoms with Crippen molar-refractivity contribution in [1.82, 2.24) is 0 Å². The van der Waals surface area contributed by atoms with Crippen LogP contribution < -0.4 is 19.9 Å². The summed E-state index contributed by atoms with van der Waals surface area (Å²) in [5.41, 5.74) is -0.751. The third-order valence-electron chi connectivity index (χ3n) is 4.26. The lowest BCUT2D eigenvalue weighted by atomic mass is 10.1. The summed E-state index contributed by atoms with van der Waals surface area (Å²) in [6, 6.07) is 8.16. The van der Waals surface area contributed by atoms with Crippen molar-refractivity contribution in [3.05, 3.63) is 47.0 Å². The maximum atomic E-state index is 13.4. The second-order valence-corrected chi connectivity index (χ2v) is 6.99. The van der Waals surface area contributed by atoms with E-state index in [1.165, 1.54) is 23.1 Å². The molecule has 0 aromatic heterocycles. The van der Waals surface area contributed by atoms with Crippen LogP contribution >= 0.6 is 11.6 Å². The highest BCUT2D eigenvalue weighted by atomic mass is 35.5. The molecule has 0 aliphatic carbocycles. The monoisotopic (exact) mass is 427 g/mol. The van der Waals surface area contributed by atoms with Crippen LogP contribution in [0.5, 0.6) is 5.75 Å². The van der Waals surface area contributed by atoms with E-state index < -0.39 is 30.1 Å². The van der Waals surface area contributed by atoms with Crippen LogP contribution in [0.15, 0.2) is 36.4 Å². The van der Waals surface area contributed by atoms with Gasteiger partial charge in [0.15, 0.2) is 6.61 Å². The highest BCUT2D eigenvalue weighted by Crippen LogP contribution is 2.38. The molecule has 10 heteroatoms. The Kier molecular flexibility index (Phi) is 5.61.